The highest BCUT2D eigenvalue weighted by atomic mass is 16.6. The average Bonchev–Trinajstić information content (AvgIpc) is 2.73. The second kappa shape index (κ2) is 7.21. The minimum absolute atomic E-state index is 0.305. The van der Waals surface area contributed by atoms with Crippen LogP contribution in [0.15, 0.2) is 42.5 Å². The number of esters is 2. The molecule has 3 atom stereocenters. The normalized spacial score (nSPS) is 23.5. The first-order valence-corrected chi connectivity index (χ1v) is 7.55. The molecule has 1 fully saturated rings. The lowest BCUT2D eigenvalue weighted by Crippen LogP contribution is -2.13. The maximum absolute atomic E-state index is 11.5. The van der Waals surface area contributed by atoms with Crippen molar-refractivity contribution in [2.75, 3.05) is 0 Å². The molecule has 0 radical (unpaired) electrons. The Kier molecular flexibility index (Phi) is 5.32. The van der Waals surface area contributed by atoms with E-state index in [1.165, 1.54) is 5.56 Å². The van der Waals surface area contributed by atoms with Gasteiger partial charge in [0.15, 0.2) is 0 Å². The van der Waals surface area contributed by atoms with Crippen LogP contribution in [0.5, 0.6) is 0 Å². The molecule has 0 N–H and O–H groups in total. The molecule has 112 valence electrons. The van der Waals surface area contributed by atoms with Gasteiger partial charge < -0.3 is 4.74 Å². The molecule has 1 aliphatic rings. The quantitative estimate of drug-likeness (QED) is 0.453. The topological polar surface area (TPSA) is 43.4 Å². The van der Waals surface area contributed by atoms with Gasteiger partial charge in [-0.05, 0) is 30.7 Å². The molecule has 21 heavy (non-hydrogen) atoms. The third-order valence-electron chi connectivity index (χ3n) is 4.17. The molecule has 3 unspecified atom stereocenters. The Hall–Kier alpha value is -1.90. The van der Waals surface area contributed by atoms with E-state index in [1.807, 2.05) is 12.1 Å². The lowest BCUT2D eigenvalue weighted by atomic mass is 9.93. The van der Waals surface area contributed by atoms with Gasteiger partial charge in [0.05, 0.1) is 11.8 Å². The van der Waals surface area contributed by atoms with Crippen LogP contribution in [0.1, 0.15) is 44.6 Å². The van der Waals surface area contributed by atoms with Gasteiger partial charge in [-0.3, -0.25) is 9.59 Å². The lowest BCUT2D eigenvalue weighted by molar-refractivity contribution is -0.153. The minimum atomic E-state index is -0.393. The first-order valence-electron chi connectivity index (χ1n) is 7.55. The van der Waals surface area contributed by atoms with E-state index in [-0.39, 0.29) is 17.8 Å². The molecule has 0 saturated carbocycles. The summed E-state index contributed by atoms with van der Waals surface area (Å²) in [4.78, 5) is 22.7. The third-order valence-corrected chi connectivity index (χ3v) is 4.17. The molecular weight excluding hydrogens is 264 g/mol. The maximum atomic E-state index is 11.5. The molecule has 0 aromatic heterocycles. The van der Waals surface area contributed by atoms with Crippen molar-refractivity contribution in [2.45, 2.75) is 39.0 Å². The van der Waals surface area contributed by atoms with E-state index in [1.54, 1.807) is 6.92 Å². The zero-order valence-electron chi connectivity index (χ0n) is 12.6. The first kappa shape index (κ1) is 15.5. The number of ether oxygens (including phenoxy) is 1. The summed E-state index contributed by atoms with van der Waals surface area (Å²) in [6.07, 6.45) is 6.73. The summed E-state index contributed by atoms with van der Waals surface area (Å²) < 4.78 is 4.63. The highest BCUT2D eigenvalue weighted by molar-refractivity contribution is 5.96. The lowest BCUT2D eigenvalue weighted by Gasteiger charge is -2.10. The molecule has 1 aromatic carbocycles. The van der Waals surface area contributed by atoms with E-state index in [4.69, 9.17) is 0 Å². The predicted octanol–water partition coefficient (Wildman–Crippen LogP) is 3.85. The SMILES string of the molecule is CC(CC/C=C\CC1C(=O)OC(=O)C1C)c1ccccc1. The second-order valence-electron chi connectivity index (χ2n) is 5.73. The Morgan fingerprint density at radius 1 is 1.14 bits per heavy atom. The van der Waals surface area contributed by atoms with Gasteiger partial charge in [-0.15, -0.1) is 0 Å². The molecule has 1 aliphatic heterocycles. The summed E-state index contributed by atoms with van der Waals surface area (Å²) in [6.45, 7) is 3.97. The van der Waals surface area contributed by atoms with Gasteiger partial charge in [0, 0.05) is 0 Å². The van der Waals surface area contributed by atoms with E-state index in [2.05, 4.69) is 42.0 Å². The van der Waals surface area contributed by atoms with Crippen LogP contribution in [0, 0.1) is 11.8 Å². The van der Waals surface area contributed by atoms with Crippen LogP contribution in [0.3, 0.4) is 0 Å². The first-order chi connectivity index (χ1) is 10.1. The summed E-state index contributed by atoms with van der Waals surface area (Å²) in [7, 11) is 0. The van der Waals surface area contributed by atoms with Gasteiger partial charge in [-0.25, -0.2) is 0 Å². The Balaban J connectivity index is 1.74. The highest BCUT2D eigenvalue weighted by Crippen LogP contribution is 2.26. The molecule has 1 aromatic rings. The van der Waals surface area contributed by atoms with Crippen LogP contribution >= 0.6 is 0 Å². The standard InChI is InChI=1S/C18H22O3/c1-13(15-10-6-4-7-11-15)9-5-3-8-12-16-14(2)17(19)21-18(16)20/h3-4,6-8,10-11,13-14,16H,5,9,12H2,1-2H3/b8-3-. The fraction of sp³-hybridized carbons (Fsp3) is 0.444. The molecule has 1 saturated heterocycles. The molecular formula is C18H22O3. The van der Waals surface area contributed by atoms with Crippen molar-refractivity contribution < 1.29 is 14.3 Å². The largest absolute Gasteiger partial charge is 0.393 e. The number of cyclic esters (lactones) is 2. The fourth-order valence-electron chi connectivity index (χ4n) is 2.59. The van der Waals surface area contributed by atoms with Crippen LogP contribution in [0.4, 0.5) is 0 Å². The van der Waals surface area contributed by atoms with Crippen molar-refractivity contribution in [3.8, 4) is 0 Å². The molecule has 0 bridgehead atoms. The Labute approximate surface area is 126 Å². The van der Waals surface area contributed by atoms with Crippen molar-refractivity contribution in [2.24, 2.45) is 11.8 Å². The number of allylic oxidation sites excluding steroid dienone is 2. The molecule has 1 heterocycles. The van der Waals surface area contributed by atoms with Gasteiger partial charge in [0.25, 0.3) is 0 Å². The smallest absolute Gasteiger partial charge is 0.317 e. The van der Waals surface area contributed by atoms with Crippen LogP contribution in [0.2, 0.25) is 0 Å². The van der Waals surface area contributed by atoms with Gasteiger partial charge in [0.2, 0.25) is 0 Å². The van der Waals surface area contributed by atoms with E-state index < -0.39 is 5.97 Å². The van der Waals surface area contributed by atoms with E-state index in [0.717, 1.165) is 12.8 Å². The Morgan fingerprint density at radius 3 is 2.48 bits per heavy atom. The molecule has 2 rings (SSSR count). The second-order valence-corrected chi connectivity index (χ2v) is 5.73. The number of hydrogen-bond donors (Lipinski definition) is 0. The highest BCUT2D eigenvalue weighted by Gasteiger charge is 2.40. The summed E-state index contributed by atoms with van der Waals surface area (Å²) in [5, 5.41) is 0. The molecule has 0 aliphatic carbocycles. The van der Waals surface area contributed by atoms with Crippen LogP contribution in [-0.4, -0.2) is 11.9 Å². The maximum Gasteiger partial charge on any atom is 0.317 e. The van der Waals surface area contributed by atoms with E-state index >= 15 is 0 Å². The number of carbonyl (C=O) groups excluding carboxylic acids is 2. The van der Waals surface area contributed by atoms with Gasteiger partial charge in [0.1, 0.15) is 0 Å². The van der Waals surface area contributed by atoms with Crippen molar-refractivity contribution in [3.05, 3.63) is 48.0 Å². The average molecular weight is 286 g/mol. The third kappa shape index (κ3) is 4.03. The Bertz CT molecular complexity index is 519. The van der Waals surface area contributed by atoms with Crippen LogP contribution in [0.25, 0.3) is 0 Å². The number of rotatable bonds is 6. The number of carbonyl (C=O) groups is 2. The molecule has 3 nitrogen and oxygen atoms in total. The molecule has 0 spiro atoms. The van der Waals surface area contributed by atoms with Crippen molar-refractivity contribution >= 4 is 11.9 Å². The zero-order chi connectivity index (χ0) is 15.2. The summed E-state index contributed by atoms with van der Waals surface area (Å²) in [5.41, 5.74) is 1.35. The van der Waals surface area contributed by atoms with Gasteiger partial charge in [-0.1, -0.05) is 56.3 Å². The van der Waals surface area contributed by atoms with Crippen molar-refractivity contribution in [3.63, 3.8) is 0 Å². The van der Waals surface area contributed by atoms with E-state index in [0.29, 0.717) is 12.3 Å². The summed E-state index contributed by atoms with van der Waals surface area (Å²) in [5.74, 6) is -0.871. The van der Waals surface area contributed by atoms with Crippen LogP contribution < -0.4 is 0 Å². The van der Waals surface area contributed by atoms with Crippen LogP contribution in [-0.2, 0) is 14.3 Å². The van der Waals surface area contributed by atoms with Gasteiger partial charge in [-0.2, -0.15) is 0 Å². The van der Waals surface area contributed by atoms with E-state index in [9.17, 15) is 9.59 Å². The number of benzene rings is 1. The minimum Gasteiger partial charge on any atom is -0.393 e. The summed E-state index contributed by atoms with van der Waals surface area (Å²) in [6, 6.07) is 10.4. The predicted molar refractivity (Wildman–Crippen MR) is 81.6 cm³/mol. The summed E-state index contributed by atoms with van der Waals surface area (Å²) >= 11 is 0. The Morgan fingerprint density at radius 2 is 1.86 bits per heavy atom. The monoisotopic (exact) mass is 286 g/mol. The molecule has 3 heteroatoms. The zero-order valence-corrected chi connectivity index (χ0v) is 12.6. The fourth-order valence-corrected chi connectivity index (χ4v) is 2.59. The van der Waals surface area contributed by atoms with Crippen molar-refractivity contribution in [1.29, 1.82) is 0 Å². The number of hydrogen-bond acceptors (Lipinski definition) is 3. The van der Waals surface area contributed by atoms with Crippen molar-refractivity contribution in [1.82, 2.24) is 0 Å². The molecule has 0 amide bonds. The van der Waals surface area contributed by atoms with Gasteiger partial charge >= 0.3 is 11.9 Å².